The molecule has 1 aromatic carbocycles. The Bertz CT molecular complexity index is 438. The molecule has 0 fully saturated rings. The van der Waals surface area contributed by atoms with E-state index in [1.807, 2.05) is 6.07 Å². The Morgan fingerprint density at radius 3 is 2.80 bits per heavy atom. The Labute approximate surface area is 95.8 Å². The Morgan fingerprint density at radius 2 is 2.33 bits per heavy atom. The van der Waals surface area contributed by atoms with Gasteiger partial charge in [-0.1, -0.05) is 15.9 Å². The van der Waals surface area contributed by atoms with E-state index in [1.165, 1.54) is 19.2 Å². The number of Topliss-reactive ketones (excluding diaryl/α,β-unsaturated/α-hetero) is 1. The number of alkyl halides is 1. The highest BCUT2D eigenvalue weighted by Gasteiger charge is 2.12. The maximum absolute atomic E-state index is 11.4. The Morgan fingerprint density at radius 1 is 1.67 bits per heavy atom. The lowest BCUT2D eigenvalue weighted by Crippen LogP contribution is -2.04. The van der Waals surface area contributed by atoms with E-state index in [2.05, 4.69) is 15.9 Å². The summed E-state index contributed by atoms with van der Waals surface area (Å²) in [5, 5.41) is 9.04. The molecule has 0 bridgehead atoms. The minimum atomic E-state index is -0.124. The molecule has 0 amide bonds. The van der Waals surface area contributed by atoms with E-state index in [9.17, 15) is 4.79 Å². The van der Waals surface area contributed by atoms with Gasteiger partial charge in [0.15, 0.2) is 11.5 Å². The van der Waals surface area contributed by atoms with Crippen molar-refractivity contribution < 1.29 is 9.53 Å². The smallest absolute Gasteiger partial charge is 0.173 e. The average molecular weight is 269 g/mol. The van der Waals surface area contributed by atoms with Crippen molar-refractivity contribution >= 4 is 27.4 Å². The summed E-state index contributed by atoms with van der Waals surface area (Å²) in [6, 6.07) is 4.91. The van der Waals surface area contributed by atoms with Crippen LogP contribution in [0.25, 0.3) is 0 Å². The number of hydrogen-bond donors (Lipinski definition) is 1. The van der Waals surface area contributed by atoms with E-state index < -0.39 is 0 Å². The van der Waals surface area contributed by atoms with Crippen molar-refractivity contribution in [3.63, 3.8) is 0 Å². The number of anilines is 1. The van der Waals surface area contributed by atoms with Crippen LogP contribution in [0.1, 0.15) is 15.9 Å². The molecular formula is C10H9BrN2O2. The van der Waals surface area contributed by atoms with Gasteiger partial charge in [0, 0.05) is 5.56 Å². The Hall–Kier alpha value is -1.54. The maximum atomic E-state index is 11.4. The second kappa shape index (κ2) is 4.80. The molecule has 5 heteroatoms. The van der Waals surface area contributed by atoms with Crippen LogP contribution in [0.4, 0.5) is 5.69 Å². The highest BCUT2D eigenvalue weighted by Crippen LogP contribution is 2.27. The quantitative estimate of drug-likeness (QED) is 0.515. The van der Waals surface area contributed by atoms with E-state index in [0.717, 1.165) is 0 Å². The second-order valence-electron chi connectivity index (χ2n) is 2.81. The average Bonchev–Trinajstić information content (AvgIpc) is 2.26. The van der Waals surface area contributed by atoms with Gasteiger partial charge in [0.05, 0.1) is 23.7 Å². The molecule has 78 valence electrons. The predicted octanol–water partition coefficient (Wildman–Crippen LogP) is 1.73. The van der Waals surface area contributed by atoms with Gasteiger partial charge in [-0.2, -0.15) is 5.26 Å². The summed E-state index contributed by atoms with van der Waals surface area (Å²) in [5.74, 6) is 0.185. The van der Waals surface area contributed by atoms with Crippen LogP contribution >= 0.6 is 15.9 Å². The maximum Gasteiger partial charge on any atom is 0.173 e. The van der Waals surface area contributed by atoms with Gasteiger partial charge in [-0.3, -0.25) is 4.79 Å². The van der Waals surface area contributed by atoms with Crippen LogP contribution in [0.3, 0.4) is 0 Å². The first-order valence-electron chi connectivity index (χ1n) is 4.10. The van der Waals surface area contributed by atoms with Gasteiger partial charge in [-0.25, -0.2) is 0 Å². The zero-order valence-electron chi connectivity index (χ0n) is 8.08. The monoisotopic (exact) mass is 268 g/mol. The molecular weight excluding hydrogens is 260 g/mol. The molecule has 0 aliphatic heterocycles. The third-order valence-electron chi connectivity index (χ3n) is 1.89. The number of nitrogens with two attached hydrogens (primary N) is 1. The van der Waals surface area contributed by atoms with E-state index >= 15 is 0 Å². The number of ether oxygens (including phenoxy) is 1. The van der Waals surface area contributed by atoms with Crippen LogP contribution in [0.2, 0.25) is 0 Å². The van der Waals surface area contributed by atoms with Crippen molar-refractivity contribution in [3.8, 4) is 11.8 Å². The van der Waals surface area contributed by atoms with Crippen LogP contribution < -0.4 is 10.5 Å². The Kier molecular flexibility index (Phi) is 3.69. The number of hydrogen-bond acceptors (Lipinski definition) is 4. The highest BCUT2D eigenvalue weighted by atomic mass is 79.9. The SMILES string of the molecule is COc1c(N)cc(C(=O)CBr)cc1C#N. The third-order valence-corrected chi connectivity index (χ3v) is 2.39. The molecule has 0 spiro atoms. The van der Waals surface area contributed by atoms with Gasteiger partial charge in [0.2, 0.25) is 0 Å². The van der Waals surface area contributed by atoms with Gasteiger partial charge in [0.1, 0.15) is 6.07 Å². The van der Waals surface area contributed by atoms with Crippen molar-refractivity contribution in [1.29, 1.82) is 5.26 Å². The molecule has 2 N–H and O–H groups in total. The summed E-state index contributed by atoms with van der Waals surface area (Å²) >= 11 is 3.05. The van der Waals surface area contributed by atoms with Gasteiger partial charge in [0.25, 0.3) is 0 Å². The molecule has 0 aliphatic carbocycles. The van der Waals surface area contributed by atoms with E-state index in [0.29, 0.717) is 17.0 Å². The fourth-order valence-electron chi connectivity index (χ4n) is 1.20. The molecule has 0 radical (unpaired) electrons. The predicted molar refractivity (Wildman–Crippen MR) is 60.2 cm³/mol. The molecule has 1 aromatic rings. The largest absolute Gasteiger partial charge is 0.493 e. The van der Waals surface area contributed by atoms with Crippen LogP contribution in [0.5, 0.6) is 5.75 Å². The summed E-state index contributed by atoms with van der Waals surface area (Å²) < 4.78 is 4.96. The fourth-order valence-corrected chi connectivity index (χ4v) is 1.52. The molecule has 0 atom stereocenters. The molecule has 0 heterocycles. The number of rotatable bonds is 3. The summed E-state index contributed by atoms with van der Waals surface area (Å²) in [4.78, 5) is 11.4. The number of nitriles is 1. The number of benzene rings is 1. The molecule has 4 nitrogen and oxygen atoms in total. The number of nitrogen functional groups attached to an aromatic ring is 1. The van der Waals surface area contributed by atoms with Crippen LogP contribution in [0.15, 0.2) is 12.1 Å². The van der Waals surface area contributed by atoms with Crippen molar-refractivity contribution in [2.45, 2.75) is 0 Å². The van der Waals surface area contributed by atoms with E-state index in [1.54, 1.807) is 0 Å². The van der Waals surface area contributed by atoms with Crippen LogP contribution in [-0.4, -0.2) is 18.2 Å². The van der Waals surface area contributed by atoms with Crippen LogP contribution in [0, 0.1) is 11.3 Å². The number of halogens is 1. The summed E-state index contributed by atoms with van der Waals surface area (Å²) in [6.45, 7) is 0. The zero-order valence-corrected chi connectivity index (χ0v) is 9.67. The molecule has 0 aliphatic rings. The molecule has 0 unspecified atom stereocenters. The standard InChI is InChI=1S/C10H9BrN2O2/c1-15-10-7(5-12)2-6(3-8(10)13)9(14)4-11/h2-3H,4,13H2,1H3. The summed E-state index contributed by atoms with van der Waals surface area (Å²) in [5.41, 5.74) is 6.62. The minimum absolute atomic E-state index is 0.124. The van der Waals surface area contributed by atoms with Crippen molar-refractivity contribution in [2.24, 2.45) is 0 Å². The normalized spacial score (nSPS) is 9.40. The van der Waals surface area contributed by atoms with Crippen molar-refractivity contribution in [3.05, 3.63) is 23.3 Å². The number of carbonyl (C=O) groups is 1. The zero-order chi connectivity index (χ0) is 11.4. The minimum Gasteiger partial charge on any atom is -0.493 e. The highest BCUT2D eigenvalue weighted by molar-refractivity contribution is 9.09. The number of methoxy groups -OCH3 is 1. The Balaban J connectivity index is 3.33. The third kappa shape index (κ3) is 2.28. The number of nitrogens with zero attached hydrogens (tertiary/aromatic N) is 1. The first-order chi connectivity index (χ1) is 7.13. The first kappa shape index (κ1) is 11.5. The van der Waals surface area contributed by atoms with Gasteiger partial charge in [-0.05, 0) is 12.1 Å². The van der Waals surface area contributed by atoms with E-state index in [4.69, 9.17) is 15.7 Å². The molecule has 0 saturated carbocycles. The second-order valence-corrected chi connectivity index (χ2v) is 3.38. The van der Waals surface area contributed by atoms with Gasteiger partial charge in [-0.15, -0.1) is 0 Å². The van der Waals surface area contributed by atoms with Crippen LogP contribution in [-0.2, 0) is 0 Å². The number of carbonyl (C=O) groups excluding carboxylic acids is 1. The topological polar surface area (TPSA) is 76.1 Å². The van der Waals surface area contributed by atoms with Gasteiger partial charge >= 0.3 is 0 Å². The number of ketones is 1. The lowest BCUT2D eigenvalue weighted by molar-refractivity contribution is 0.102. The lowest BCUT2D eigenvalue weighted by atomic mass is 10.1. The van der Waals surface area contributed by atoms with Gasteiger partial charge < -0.3 is 10.5 Å². The van der Waals surface area contributed by atoms with Crippen molar-refractivity contribution in [2.75, 3.05) is 18.2 Å². The summed E-state index contributed by atoms with van der Waals surface area (Å²) in [6.07, 6.45) is 0. The molecule has 0 aromatic heterocycles. The molecule has 1 rings (SSSR count). The summed E-state index contributed by atoms with van der Waals surface area (Å²) in [7, 11) is 1.43. The van der Waals surface area contributed by atoms with Crippen molar-refractivity contribution in [1.82, 2.24) is 0 Å². The first-order valence-corrected chi connectivity index (χ1v) is 5.23. The fraction of sp³-hybridized carbons (Fsp3) is 0.200. The lowest BCUT2D eigenvalue weighted by Gasteiger charge is -2.08. The molecule has 0 saturated heterocycles. The molecule has 15 heavy (non-hydrogen) atoms. The van der Waals surface area contributed by atoms with E-state index in [-0.39, 0.29) is 16.7 Å².